The molecule has 2 saturated carbocycles. The molecular weight excluding hydrogens is 334 g/mol. The molecule has 0 aromatic heterocycles. The van der Waals surface area contributed by atoms with Crippen LogP contribution in [0.5, 0.6) is 0 Å². The number of benzene rings is 1. The van der Waals surface area contributed by atoms with Gasteiger partial charge in [0, 0.05) is 11.6 Å². The van der Waals surface area contributed by atoms with E-state index in [-0.39, 0.29) is 53.5 Å². The van der Waals surface area contributed by atoms with E-state index in [9.17, 15) is 14.4 Å². The fraction of sp³-hybridized carbons (Fsp3) is 0.550. The highest BCUT2D eigenvalue weighted by Gasteiger charge is 2.63. The lowest BCUT2D eigenvalue weighted by atomic mass is 9.79. The average molecular weight is 357 g/mol. The molecule has 3 fully saturated rings. The van der Waals surface area contributed by atoms with Gasteiger partial charge in [-0.3, -0.25) is 9.59 Å². The van der Waals surface area contributed by atoms with Crippen molar-refractivity contribution < 1.29 is 23.9 Å². The van der Waals surface area contributed by atoms with Crippen molar-refractivity contribution in [1.29, 1.82) is 0 Å². The number of carbonyl (C=O) groups is 3. The third-order valence-electron chi connectivity index (χ3n) is 5.72. The second-order valence-electron chi connectivity index (χ2n) is 7.98. The number of carbonyl (C=O) groups excluding carboxylic acids is 3. The van der Waals surface area contributed by atoms with Gasteiger partial charge in [-0.2, -0.15) is 0 Å². The third kappa shape index (κ3) is 2.87. The summed E-state index contributed by atoms with van der Waals surface area (Å²) < 4.78 is 10.6. The molecule has 5 atom stereocenters. The van der Waals surface area contributed by atoms with Crippen LogP contribution in [0.25, 0.3) is 0 Å². The van der Waals surface area contributed by atoms with E-state index in [4.69, 9.17) is 9.47 Å². The van der Waals surface area contributed by atoms with Gasteiger partial charge in [-0.15, -0.1) is 0 Å². The minimum Gasteiger partial charge on any atom is -0.462 e. The summed E-state index contributed by atoms with van der Waals surface area (Å²) in [6, 6.07) is 6.65. The van der Waals surface area contributed by atoms with Crippen LogP contribution in [-0.4, -0.2) is 30.6 Å². The van der Waals surface area contributed by atoms with Gasteiger partial charge in [0.2, 0.25) is 5.91 Å². The lowest BCUT2D eigenvalue weighted by Gasteiger charge is -2.23. The number of anilines is 1. The van der Waals surface area contributed by atoms with Crippen LogP contribution in [0.4, 0.5) is 5.69 Å². The first-order valence-corrected chi connectivity index (χ1v) is 9.22. The van der Waals surface area contributed by atoms with E-state index >= 15 is 0 Å². The van der Waals surface area contributed by atoms with Crippen molar-refractivity contribution in [1.82, 2.24) is 0 Å². The molecule has 0 spiro atoms. The van der Waals surface area contributed by atoms with E-state index in [0.717, 1.165) is 12.8 Å². The zero-order valence-corrected chi connectivity index (χ0v) is 14.9. The van der Waals surface area contributed by atoms with Gasteiger partial charge in [-0.1, -0.05) is 13.8 Å². The van der Waals surface area contributed by atoms with Gasteiger partial charge in [-0.05, 0) is 48.9 Å². The monoisotopic (exact) mass is 357 g/mol. The van der Waals surface area contributed by atoms with Crippen molar-refractivity contribution in [2.24, 2.45) is 29.6 Å². The molecule has 1 aromatic carbocycles. The Morgan fingerprint density at radius 3 is 2.65 bits per heavy atom. The second-order valence-corrected chi connectivity index (χ2v) is 7.98. The molecule has 1 saturated heterocycles. The Kier molecular flexibility index (Phi) is 4.21. The Bertz CT molecular complexity index is 739. The number of amides is 1. The molecule has 1 aromatic rings. The fourth-order valence-corrected chi connectivity index (χ4v) is 4.60. The normalized spacial score (nSPS) is 31.2. The zero-order valence-electron chi connectivity index (χ0n) is 14.9. The number of fused-ring (bicyclic) bond motifs is 1. The van der Waals surface area contributed by atoms with Crippen molar-refractivity contribution in [2.45, 2.75) is 32.8 Å². The minimum absolute atomic E-state index is 0.0256. The van der Waals surface area contributed by atoms with Gasteiger partial charge < -0.3 is 14.8 Å². The Morgan fingerprint density at radius 2 is 1.96 bits per heavy atom. The van der Waals surface area contributed by atoms with Gasteiger partial charge >= 0.3 is 11.9 Å². The highest BCUT2D eigenvalue weighted by Crippen LogP contribution is 2.57. The molecule has 1 amide bonds. The maximum Gasteiger partial charge on any atom is 0.338 e. The molecule has 6 heteroatoms. The molecule has 0 radical (unpaired) electrons. The molecule has 2 aliphatic carbocycles. The molecule has 4 rings (SSSR count). The van der Waals surface area contributed by atoms with Crippen molar-refractivity contribution in [3.05, 3.63) is 29.8 Å². The number of rotatable bonds is 5. The quantitative estimate of drug-likeness (QED) is 0.819. The smallest absolute Gasteiger partial charge is 0.338 e. The molecule has 0 unspecified atom stereocenters. The average Bonchev–Trinajstić information content (AvgIpc) is 3.22. The first-order chi connectivity index (χ1) is 12.4. The van der Waals surface area contributed by atoms with Gasteiger partial charge in [0.05, 0.1) is 24.0 Å². The largest absolute Gasteiger partial charge is 0.462 e. The molecule has 1 N–H and O–H groups in total. The van der Waals surface area contributed by atoms with E-state index in [2.05, 4.69) is 5.32 Å². The molecule has 3 aliphatic rings. The first-order valence-electron chi connectivity index (χ1n) is 9.22. The summed E-state index contributed by atoms with van der Waals surface area (Å²) in [5, 5.41) is 2.89. The molecule has 1 aliphatic heterocycles. The van der Waals surface area contributed by atoms with Gasteiger partial charge in [0.25, 0.3) is 0 Å². The second kappa shape index (κ2) is 6.41. The van der Waals surface area contributed by atoms with E-state index in [1.807, 2.05) is 13.8 Å². The van der Waals surface area contributed by atoms with Crippen LogP contribution in [-0.2, 0) is 19.1 Å². The van der Waals surface area contributed by atoms with Crippen LogP contribution < -0.4 is 5.32 Å². The number of hydrogen-bond acceptors (Lipinski definition) is 5. The minimum atomic E-state index is -0.371. The predicted octanol–water partition coefficient (Wildman–Crippen LogP) is 2.64. The highest BCUT2D eigenvalue weighted by molar-refractivity contribution is 5.97. The highest BCUT2D eigenvalue weighted by atomic mass is 16.6. The number of hydrogen-bond donors (Lipinski definition) is 1. The van der Waals surface area contributed by atoms with Crippen molar-refractivity contribution >= 4 is 23.5 Å². The lowest BCUT2D eigenvalue weighted by Crippen LogP contribution is -2.35. The maximum absolute atomic E-state index is 12.7. The van der Waals surface area contributed by atoms with Crippen molar-refractivity contribution in [3.63, 3.8) is 0 Å². The van der Waals surface area contributed by atoms with Gasteiger partial charge in [-0.25, -0.2) is 4.79 Å². The lowest BCUT2D eigenvalue weighted by molar-refractivity contribution is -0.145. The maximum atomic E-state index is 12.7. The molecule has 2 bridgehead atoms. The summed E-state index contributed by atoms with van der Waals surface area (Å²) in [5.74, 6) is -0.595. The molecule has 138 valence electrons. The summed E-state index contributed by atoms with van der Waals surface area (Å²) in [7, 11) is 0. The summed E-state index contributed by atoms with van der Waals surface area (Å²) in [6.45, 7) is 4.33. The fourth-order valence-electron chi connectivity index (χ4n) is 4.60. The molecule has 6 nitrogen and oxygen atoms in total. The van der Waals surface area contributed by atoms with Crippen LogP contribution in [0.2, 0.25) is 0 Å². The van der Waals surface area contributed by atoms with Crippen LogP contribution in [0.3, 0.4) is 0 Å². The third-order valence-corrected chi connectivity index (χ3v) is 5.72. The zero-order chi connectivity index (χ0) is 18.4. The Morgan fingerprint density at radius 1 is 1.23 bits per heavy atom. The van der Waals surface area contributed by atoms with E-state index in [0.29, 0.717) is 17.9 Å². The topological polar surface area (TPSA) is 81.7 Å². The Labute approximate surface area is 152 Å². The van der Waals surface area contributed by atoms with Crippen molar-refractivity contribution in [3.8, 4) is 0 Å². The van der Waals surface area contributed by atoms with E-state index in [1.54, 1.807) is 24.3 Å². The molecule has 1 heterocycles. The van der Waals surface area contributed by atoms with Crippen molar-refractivity contribution in [2.75, 3.05) is 11.9 Å². The summed E-state index contributed by atoms with van der Waals surface area (Å²) in [4.78, 5) is 36.7. The standard InChI is InChI=1S/C20H23NO5/c1-10(2)9-25-19(23)11-3-5-13(6-4-11)21-18(22)16-12-7-14-15(8-12)26-20(24)17(14)16/h3-6,10,12,14-17H,7-9H2,1-2H3,(H,21,22)/t12-,14-,15+,16+,17-/m0/s1. The van der Waals surface area contributed by atoms with Crippen LogP contribution in [0, 0.1) is 29.6 Å². The predicted molar refractivity (Wildman–Crippen MR) is 93.3 cm³/mol. The number of esters is 2. The SMILES string of the molecule is CC(C)COC(=O)c1ccc(NC(=O)[C@@H]2[C@H]3C[C@@H]4[C@@H]2C(=O)O[C@@H]4C3)cc1. The van der Waals surface area contributed by atoms with Crippen LogP contribution >= 0.6 is 0 Å². The van der Waals surface area contributed by atoms with Gasteiger partial charge in [0.15, 0.2) is 0 Å². The van der Waals surface area contributed by atoms with E-state index < -0.39 is 0 Å². The summed E-state index contributed by atoms with van der Waals surface area (Å²) >= 11 is 0. The molecular formula is C20H23NO5. The van der Waals surface area contributed by atoms with Crippen LogP contribution in [0.1, 0.15) is 37.0 Å². The Balaban J connectivity index is 1.39. The summed E-state index contributed by atoms with van der Waals surface area (Å²) in [6.07, 6.45) is 1.73. The first kappa shape index (κ1) is 17.1. The summed E-state index contributed by atoms with van der Waals surface area (Å²) in [5.41, 5.74) is 1.06. The number of ether oxygens (including phenoxy) is 2. The molecule has 26 heavy (non-hydrogen) atoms. The Hall–Kier alpha value is -2.37. The van der Waals surface area contributed by atoms with Gasteiger partial charge in [0.1, 0.15) is 6.10 Å². The van der Waals surface area contributed by atoms with Crippen LogP contribution in [0.15, 0.2) is 24.3 Å². The van der Waals surface area contributed by atoms with E-state index in [1.165, 1.54) is 0 Å². The number of nitrogens with one attached hydrogen (secondary N) is 1.